The van der Waals surface area contributed by atoms with Gasteiger partial charge in [-0.15, -0.1) is 10.2 Å². The Balaban J connectivity index is 1.35. The Bertz CT molecular complexity index is 957. The van der Waals surface area contributed by atoms with E-state index < -0.39 is 0 Å². The van der Waals surface area contributed by atoms with Crippen molar-refractivity contribution in [2.75, 3.05) is 13.1 Å². The lowest BCUT2D eigenvalue weighted by atomic mass is 10.0. The summed E-state index contributed by atoms with van der Waals surface area (Å²) in [6, 6.07) is 13.0. The van der Waals surface area contributed by atoms with E-state index in [-0.39, 0.29) is 0 Å². The van der Waals surface area contributed by atoms with Crippen molar-refractivity contribution in [3.63, 3.8) is 0 Å². The molecule has 1 aliphatic rings. The van der Waals surface area contributed by atoms with Crippen molar-refractivity contribution < 1.29 is 0 Å². The molecular formula is C23H31N7S. The molecule has 0 spiro atoms. The fourth-order valence-corrected chi connectivity index (χ4v) is 4.40. The summed E-state index contributed by atoms with van der Waals surface area (Å²) in [7, 11) is 1.99. The van der Waals surface area contributed by atoms with Crippen LogP contribution in [-0.2, 0) is 26.7 Å². The SMILES string of the molecule is Cc1nnc(CNC(=NCc2ccccc2)NC2CCN(Cc3ccsc3)CC2)n1C. The average molecular weight is 438 g/mol. The van der Waals surface area contributed by atoms with Gasteiger partial charge >= 0.3 is 0 Å². The lowest BCUT2D eigenvalue weighted by molar-refractivity contribution is 0.198. The molecule has 31 heavy (non-hydrogen) atoms. The van der Waals surface area contributed by atoms with Crippen LogP contribution in [0, 0.1) is 6.92 Å². The number of nitrogens with one attached hydrogen (secondary N) is 2. The summed E-state index contributed by atoms with van der Waals surface area (Å²) in [5, 5.41) is 19.9. The van der Waals surface area contributed by atoms with Gasteiger partial charge in [0.15, 0.2) is 11.8 Å². The number of rotatable bonds is 7. The number of hydrogen-bond acceptors (Lipinski definition) is 5. The van der Waals surface area contributed by atoms with Crippen molar-refractivity contribution in [2.45, 2.75) is 45.4 Å². The molecule has 3 heterocycles. The van der Waals surface area contributed by atoms with E-state index in [2.05, 4.69) is 66.8 Å². The number of thiophene rings is 1. The Morgan fingerprint density at radius 2 is 1.94 bits per heavy atom. The van der Waals surface area contributed by atoms with Crippen LogP contribution in [0.5, 0.6) is 0 Å². The first-order valence-electron chi connectivity index (χ1n) is 10.8. The first-order valence-corrected chi connectivity index (χ1v) is 11.8. The molecule has 8 heteroatoms. The number of aromatic nitrogens is 3. The molecule has 1 aliphatic heterocycles. The molecule has 2 N–H and O–H groups in total. The molecule has 164 valence electrons. The van der Waals surface area contributed by atoms with Crippen LogP contribution in [-0.4, -0.2) is 44.8 Å². The van der Waals surface area contributed by atoms with E-state index in [1.807, 2.05) is 24.6 Å². The molecular weight excluding hydrogens is 406 g/mol. The number of piperidine rings is 1. The first-order chi connectivity index (χ1) is 15.2. The molecule has 0 bridgehead atoms. The van der Waals surface area contributed by atoms with Crippen LogP contribution in [0.15, 0.2) is 52.2 Å². The largest absolute Gasteiger partial charge is 0.354 e. The summed E-state index contributed by atoms with van der Waals surface area (Å²) in [4.78, 5) is 7.38. The van der Waals surface area contributed by atoms with Gasteiger partial charge in [-0.1, -0.05) is 30.3 Å². The van der Waals surface area contributed by atoms with E-state index in [9.17, 15) is 0 Å². The Kier molecular flexibility index (Phi) is 7.32. The van der Waals surface area contributed by atoms with Crippen molar-refractivity contribution in [2.24, 2.45) is 12.0 Å². The normalized spacial score (nSPS) is 15.9. The van der Waals surface area contributed by atoms with Crippen molar-refractivity contribution in [1.82, 2.24) is 30.3 Å². The second-order valence-corrected chi connectivity index (χ2v) is 8.83. The molecule has 3 aromatic rings. The van der Waals surface area contributed by atoms with Gasteiger partial charge in [0.25, 0.3) is 0 Å². The van der Waals surface area contributed by atoms with Crippen LogP contribution in [0.3, 0.4) is 0 Å². The van der Waals surface area contributed by atoms with Crippen LogP contribution in [0.25, 0.3) is 0 Å². The minimum absolute atomic E-state index is 0.419. The van der Waals surface area contributed by atoms with Crippen molar-refractivity contribution in [1.29, 1.82) is 0 Å². The zero-order valence-electron chi connectivity index (χ0n) is 18.3. The highest BCUT2D eigenvalue weighted by Gasteiger charge is 2.20. The molecule has 2 aromatic heterocycles. The number of aliphatic imine (C=N–C) groups is 1. The number of aryl methyl sites for hydroxylation is 1. The molecule has 7 nitrogen and oxygen atoms in total. The Labute approximate surface area is 188 Å². The maximum atomic E-state index is 4.84. The highest BCUT2D eigenvalue weighted by Crippen LogP contribution is 2.15. The van der Waals surface area contributed by atoms with Gasteiger partial charge < -0.3 is 15.2 Å². The van der Waals surface area contributed by atoms with E-state index in [4.69, 9.17) is 4.99 Å². The van der Waals surface area contributed by atoms with Gasteiger partial charge in [0.1, 0.15) is 5.82 Å². The van der Waals surface area contributed by atoms with Crippen LogP contribution >= 0.6 is 11.3 Å². The third-order valence-electron chi connectivity index (χ3n) is 5.77. The van der Waals surface area contributed by atoms with E-state index in [0.717, 1.165) is 50.1 Å². The summed E-state index contributed by atoms with van der Waals surface area (Å²) in [5.74, 6) is 2.64. The molecule has 1 aromatic carbocycles. The van der Waals surface area contributed by atoms with Gasteiger partial charge in [-0.05, 0) is 47.7 Å². The van der Waals surface area contributed by atoms with E-state index in [1.54, 1.807) is 11.3 Å². The second kappa shape index (κ2) is 10.5. The smallest absolute Gasteiger partial charge is 0.192 e. The van der Waals surface area contributed by atoms with Crippen molar-refractivity contribution in [3.05, 3.63) is 69.9 Å². The third kappa shape index (κ3) is 6.15. The lowest BCUT2D eigenvalue weighted by Crippen LogP contribution is -2.48. The van der Waals surface area contributed by atoms with Gasteiger partial charge in [-0.25, -0.2) is 4.99 Å². The summed E-state index contributed by atoms with van der Waals surface area (Å²) in [6.45, 7) is 6.45. The number of guanidine groups is 1. The third-order valence-corrected chi connectivity index (χ3v) is 6.51. The minimum Gasteiger partial charge on any atom is -0.354 e. The van der Waals surface area contributed by atoms with Crippen LogP contribution < -0.4 is 10.6 Å². The summed E-state index contributed by atoms with van der Waals surface area (Å²) >= 11 is 1.77. The number of nitrogens with zero attached hydrogens (tertiary/aromatic N) is 5. The molecule has 0 unspecified atom stereocenters. The topological polar surface area (TPSA) is 70.4 Å². The summed E-state index contributed by atoms with van der Waals surface area (Å²) in [5.41, 5.74) is 2.62. The zero-order chi connectivity index (χ0) is 21.5. The van der Waals surface area contributed by atoms with Gasteiger partial charge in [-0.3, -0.25) is 4.90 Å². The standard InChI is InChI=1S/C23H31N7S/c1-18-27-28-22(29(18)2)15-25-23(24-14-19-6-4-3-5-7-19)26-21-8-11-30(12-9-21)16-20-10-13-31-17-20/h3-7,10,13,17,21H,8-9,11-12,14-16H2,1-2H3,(H2,24,25,26). The number of likely N-dealkylation sites (tertiary alicyclic amines) is 1. The minimum atomic E-state index is 0.419. The fraction of sp³-hybridized carbons (Fsp3) is 0.435. The monoisotopic (exact) mass is 437 g/mol. The number of hydrogen-bond donors (Lipinski definition) is 2. The fourth-order valence-electron chi connectivity index (χ4n) is 3.74. The summed E-state index contributed by atoms with van der Waals surface area (Å²) < 4.78 is 2.00. The second-order valence-electron chi connectivity index (χ2n) is 8.05. The average Bonchev–Trinajstić information content (AvgIpc) is 3.42. The molecule has 0 atom stereocenters. The van der Waals surface area contributed by atoms with E-state index in [1.165, 1.54) is 11.1 Å². The van der Waals surface area contributed by atoms with E-state index >= 15 is 0 Å². The molecule has 1 saturated heterocycles. The Hall–Kier alpha value is -2.71. The molecule has 0 saturated carbocycles. The Morgan fingerprint density at radius 3 is 2.61 bits per heavy atom. The first kappa shape index (κ1) is 21.5. The van der Waals surface area contributed by atoms with Gasteiger partial charge in [-0.2, -0.15) is 11.3 Å². The maximum Gasteiger partial charge on any atom is 0.192 e. The molecule has 0 amide bonds. The van der Waals surface area contributed by atoms with Crippen LogP contribution in [0.1, 0.15) is 35.6 Å². The van der Waals surface area contributed by atoms with Gasteiger partial charge in [0, 0.05) is 32.7 Å². The quantitative estimate of drug-likeness (QED) is 0.439. The van der Waals surface area contributed by atoms with Gasteiger partial charge in [0.2, 0.25) is 0 Å². The predicted molar refractivity (Wildman–Crippen MR) is 126 cm³/mol. The van der Waals surface area contributed by atoms with Crippen molar-refractivity contribution >= 4 is 17.3 Å². The molecule has 1 fully saturated rings. The summed E-state index contributed by atoms with van der Waals surface area (Å²) in [6.07, 6.45) is 2.22. The van der Waals surface area contributed by atoms with E-state index in [0.29, 0.717) is 19.1 Å². The van der Waals surface area contributed by atoms with Crippen molar-refractivity contribution in [3.8, 4) is 0 Å². The highest BCUT2D eigenvalue weighted by molar-refractivity contribution is 7.07. The lowest BCUT2D eigenvalue weighted by Gasteiger charge is -2.33. The zero-order valence-corrected chi connectivity index (χ0v) is 19.1. The van der Waals surface area contributed by atoms with Crippen LogP contribution in [0.2, 0.25) is 0 Å². The number of benzene rings is 1. The van der Waals surface area contributed by atoms with Gasteiger partial charge in [0.05, 0.1) is 13.1 Å². The Morgan fingerprint density at radius 1 is 1.13 bits per heavy atom. The molecule has 0 aliphatic carbocycles. The highest BCUT2D eigenvalue weighted by atomic mass is 32.1. The molecule has 0 radical (unpaired) electrons. The maximum absolute atomic E-state index is 4.84. The predicted octanol–water partition coefficient (Wildman–Crippen LogP) is 3.09. The van der Waals surface area contributed by atoms with Crippen LogP contribution in [0.4, 0.5) is 0 Å². The molecule has 4 rings (SSSR count).